The number of halogens is 1. The molecule has 10 heteroatoms. The number of aromatic nitrogens is 5. The fourth-order valence-electron chi connectivity index (χ4n) is 6.63. The number of piperazine rings is 1. The summed E-state index contributed by atoms with van der Waals surface area (Å²) in [5.74, 6) is 0.690. The molecule has 41 heavy (non-hydrogen) atoms. The van der Waals surface area contributed by atoms with Gasteiger partial charge in [-0.05, 0) is 75.0 Å². The van der Waals surface area contributed by atoms with Crippen LogP contribution in [0.2, 0.25) is 0 Å². The predicted molar refractivity (Wildman–Crippen MR) is 162 cm³/mol. The molecular weight excluding hydrogens is 517 g/mol. The first-order valence-corrected chi connectivity index (χ1v) is 14.5. The summed E-state index contributed by atoms with van der Waals surface area (Å²) in [6, 6.07) is 12.5. The lowest BCUT2D eigenvalue weighted by atomic mass is 9.89. The minimum Gasteiger partial charge on any atom is -0.383 e. The molecule has 4 N–H and O–H groups in total. The highest BCUT2D eigenvalue weighted by Gasteiger charge is 2.30. The van der Waals surface area contributed by atoms with E-state index in [9.17, 15) is 4.39 Å². The number of H-pyrrole nitrogens is 1. The molecule has 0 spiro atoms. The summed E-state index contributed by atoms with van der Waals surface area (Å²) in [6.07, 6.45) is 8.45. The van der Waals surface area contributed by atoms with Crippen molar-refractivity contribution in [2.75, 3.05) is 44.3 Å². The molecule has 0 radical (unpaired) electrons. The summed E-state index contributed by atoms with van der Waals surface area (Å²) < 4.78 is 16.7. The van der Waals surface area contributed by atoms with E-state index in [0.717, 1.165) is 59.3 Å². The number of nitrogens with two attached hydrogens (primary N) is 1. The molecule has 2 aromatic carbocycles. The first-order valence-electron chi connectivity index (χ1n) is 14.5. The second-order valence-electron chi connectivity index (χ2n) is 11.6. The highest BCUT2D eigenvalue weighted by molar-refractivity contribution is 6.00. The van der Waals surface area contributed by atoms with E-state index >= 15 is 0 Å². The summed E-state index contributed by atoms with van der Waals surface area (Å²) in [4.78, 5) is 21.7. The van der Waals surface area contributed by atoms with Crippen molar-refractivity contribution < 1.29 is 4.39 Å². The minimum atomic E-state index is -0.306. The van der Waals surface area contributed by atoms with Gasteiger partial charge in [0.25, 0.3) is 0 Å². The Labute approximate surface area is 238 Å². The number of hydrogen-bond donors (Lipinski definition) is 3. The standard InChI is InChI=1S/C31H36FN9/c1-19-15-25(32)28-26(16-19)37-31(38-28)36-21-5-3-20(4-6-21)24-17-41(30-27(24)29(33)34-18-35-30)23-9-7-22(8-10-23)40-13-11-39(2)12-14-40/h3-6,15-18,22-23H,7-14H2,1-2H3,(H2,33,34,35)(H2,36,37,38)/t22-,23-. The number of nitrogens with one attached hydrogen (secondary N) is 2. The molecule has 0 amide bonds. The van der Waals surface area contributed by atoms with Gasteiger partial charge in [0, 0.05) is 55.7 Å². The number of fused-ring (bicyclic) bond motifs is 2. The van der Waals surface area contributed by atoms with Crippen LogP contribution in [0.15, 0.2) is 48.9 Å². The second-order valence-corrected chi connectivity index (χ2v) is 11.6. The number of likely N-dealkylation sites (N-methyl/N-ethyl adjacent to an activating group) is 1. The quantitative estimate of drug-likeness (QED) is 0.265. The Bertz CT molecular complexity index is 1690. The minimum absolute atomic E-state index is 0.306. The van der Waals surface area contributed by atoms with Crippen molar-refractivity contribution in [3.63, 3.8) is 0 Å². The number of aromatic amines is 1. The van der Waals surface area contributed by atoms with E-state index < -0.39 is 0 Å². The van der Waals surface area contributed by atoms with Gasteiger partial charge in [-0.15, -0.1) is 0 Å². The van der Waals surface area contributed by atoms with Crippen LogP contribution in [0.3, 0.4) is 0 Å². The Hall–Kier alpha value is -4.02. The monoisotopic (exact) mass is 553 g/mol. The molecule has 0 atom stereocenters. The van der Waals surface area contributed by atoms with Gasteiger partial charge in [0.2, 0.25) is 5.95 Å². The fourth-order valence-corrected chi connectivity index (χ4v) is 6.63. The molecule has 0 unspecified atom stereocenters. The van der Waals surface area contributed by atoms with Crippen LogP contribution >= 0.6 is 0 Å². The van der Waals surface area contributed by atoms with Crippen LogP contribution in [0, 0.1) is 12.7 Å². The zero-order valence-electron chi connectivity index (χ0n) is 23.6. The van der Waals surface area contributed by atoms with E-state index in [1.807, 2.05) is 25.1 Å². The smallest absolute Gasteiger partial charge is 0.205 e. The molecule has 212 valence electrons. The van der Waals surface area contributed by atoms with Gasteiger partial charge < -0.3 is 25.5 Å². The third kappa shape index (κ3) is 4.91. The third-order valence-electron chi connectivity index (χ3n) is 8.90. The van der Waals surface area contributed by atoms with E-state index in [-0.39, 0.29) is 5.82 Å². The van der Waals surface area contributed by atoms with Crippen molar-refractivity contribution >= 4 is 39.5 Å². The van der Waals surface area contributed by atoms with Gasteiger partial charge in [-0.3, -0.25) is 4.90 Å². The molecule has 7 rings (SSSR count). The SMILES string of the molecule is Cc1cc(F)c2[nH]c(Nc3ccc(-c4cn([C@H]5CC[C@H](N6CCN(C)CC6)CC5)c5ncnc(N)c45)cc3)nc2c1. The van der Waals surface area contributed by atoms with Crippen LogP contribution in [0.4, 0.5) is 21.8 Å². The topological polar surface area (TPSA) is 104 Å². The van der Waals surface area contributed by atoms with Gasteiger partial charge in [0.05, 0.1) is 10.9 Å². The number of nitrogen functional groups attached to an aromatic ring is 1. The Morgan fingerprint density at radius 2 is 1.71 bits per heavy atom. The van der Waals surface area contributed by atoms with Gasteiger partial charge in [-0.25, -0.2) is 19.3 Å². The van der Waals surface area contributed by atoms with Gasteiger partial charge in [-0.2, -0.15) is 0 Å². The number of aryl methyl sites for hydroxylation is 1. The van der Waals surface area contributed by atoms with Crippen molar-refractivity contribution in [1.82, 2.24) is 34.3 Å². The van der Waals surface area contributed by atoms with Gasteiger partial charge in [0.15, 0.2) is 0 Å². The van der Waals surface area contributed by atoms with Gasteiger partial charge in [-0.1, -0.05) is 12.1 Å². The number of rotatable bonds is 5. The second kappa shape index (κ2) is 10.4. The van der Waals surface area contributed by atoms with Crippen LogP contribution in [-0.2, 0) is 0 Å². The third-order valence-corrected chi connectivity index (χ3v) is 8.90. The molecule has 4 heterocycles. The molecule has 1 saturated heterocycles. The van der Waals surface area contributed by atoms with Crippen molar-refractivity contribution in [2.24, 2.45) is 0 Å². The summed E-state index contributed by atoms with van der Waals surface area (Å²) >= 11 is 0. The highest BCUT2D eigenvalue weighted by atomic mass is 19.1. The molecule has 0 bridgehead atoms. The molecule has 3 aromatic heterocycles. The van der Waals surface area contributed by atoms with Crippen LogP contribution in [0.1, 0.15) is 37.3 Å². The summed E-state index contributed by atoms with van der Waals surface area (Å²) in [5, 5.41) is 4.16. The zero-order valence-corrected chi connectivity index (χ0v) is 23.6. The largest absolute Gasteiger partial charge is 0.383 e. The lowest BCUT2D eigenvalue weighted by Gasteiger charge is -2.41. The molecule has 1 saturated carbocycles. The molecule has 1 aliphatic carbocycles. The average molecular weight is 554 g/mol. The van der Waals surface area contributed by atoms with Gasteiger partial charge >= 0.3 is 0 Å². The van der Waals surface area contributed by atoms with Crippen LogP contribution < -0.4 is 11.1 Å². The van der Waals surface area contributed by atoms with E-state index in [0.29, 0.717) is 34.9 Å². The maximum Gasteiger partial charge on any atom is 0.205 e. The Balaban J connectivity index is 1.12. The summed E-state index contributed by atoms with van der Waals surface area (Å²) in [5.41, 5.74) is 12.1. The molecule has 2 fully saturated rings. The van der Waals surface area contributed by atoms with E-state index in [1.54, 1.807) is 6.33 Å². The van der Waals surface area contributed by atoms with Crippen LogP contribution in [0.5, 0.6) is 0 Å². The molecule has 2 aliphatic rings. The lowest BCUT2D eigenvalue weighted by molar-refractivity contribution is 0.0828. The van der Waals surface area contributed by atoms with Crippen molar-refractivity contribution in [3.05, 3.63) is 60.3 Å². The number of hydrogen-bond acceptors (Lipinski definition) is 7. The summed E-state index contributed by atoms with van der Waals surface area (Å²) in [7, 11) is 2.21. The number of anilines is 3. The van der Waals surface area contributed by atoms with Crippen molar-refractivity contribution in [3.8, 4) is 11.1 Å². The fraction of sp³-hybridized carbons (Fsp3) is 0.387. The maximum atomic E-state index is 14.3. The number of benzene rings is 2. The Morgan fingerprint density at radius 1 is 0.976 bits per heavy atom. The molecule has 1 aliphatic heterocycles. The number of nitrogens with zero attached hydrogens (tertiary/aromatic N) is 6. The predicted octanol–water partition coefficient (Wildman–Crippen LogP) is 5.48. The normalized spacial score (nSPS) is 20.7. The zero-order chi connectivity index (χ0) is 28.1. The lowest BCUT2D eigenvalue weighted by Crippen LogP contribution is -2.49. The summed E-state index contributed by atoms with van der Waals surface area (Å²) in [6.45, 7) is 6.52. The Kier molecular flexibility index (Phi) is 6.59. The first kappa shape index (κ1) is 25.9. The molecule has 9 nitrogen and oxygen atoms in total. The van der Waals surface area contributed by atoms with Crippen molar-refractivity contribution in [1.29, 1.82) is 0 Å². The van der Waals surface area contributed by atoms with Crippen LogP contribution in [0.25, 0.3) is 33.2 Å². The molecule has 5 aromatic rings. The highest BCUT2D eigenvalue weighted by Crippen LogP contribution is 2.39. The Morgan fingerprint density at radius 3 is 2.46 bits per heavy atom. The average Bonchev–Trinajstić information content (AvgIpc) is 3.56. The molecular formula is C31H36FN9. The maximum absolute atomic E-state index is 14.3. The first-order chi connectivity index (χ1) is 19.9. The van der Waals surface area contributed by atoms with Gasteiger partial charge in [0.1, 0.15) is 29.1 Å². The van der Waals surface area contributed by atoms with E-state index in [1.165, 1.54) is 32.0 Å². The van der Waals surface area contributed by atoms with E-state index in [2.05, 4.69) is 65.0 Å². The van der Waals surface area contributed by atoms with Crippen molar-refractivity contribution in [2.45, 2.75) is 44.7 Å². The van der Waals surface area contributed by atoms with Crippen LogP contribution in [-0.4, -0.2) is 73.6 Å². The van der Waals surface area contributed by atoms with E-state index in [4.69, 9.17) is 5.73 Å². The number of imidazole rings is 1.